The highest BCUT2D eigenvalue weighted by atomic mass is 79.9. The van der Waals surface area contributed by atoms with Gasteiger partial charge in [0.15, 0.2) is 5.75 Å². The number of amides is 1. The molecule has 0 aliphatic carbocycles. The lowest BCUT2D eigenvalue weighted by Gasteiger charge is -2.34. The van der Waals surface area contributed by atoms with E-state index in [0.29, 0.717) is 19.1 Å². The average molecular weight is 385 g/mol. The monoisotopic (exact) mass is 384 g/mol. The molecular weight excluding hydrogens is 360 g/mol. The molecule has 1 saturated heterocycles. The largest absolute Gasteiger partial charge is 0.493 e. The van der Waals surface area contributed by atoms with E-state index in [2.05, 4.69) is 21.2 Å². The van der Waals surface area contributed by atoms with Crippen LogP contribution in [0.1, 0.15) is 33.6 Å². The van der Waals surface area contributed by atoms with Crippen molar-refractivity contribution in [3.63, 3.8) is 0 Å². The van der Waals surface area contributed by atoms with Gasteiger partial charge in [0.05, 0.1) is 17.3 Å². The third kappa shape index (κ3) is 5.03. The van der Waals surface area contributed by atoms with Crippen molar-refractivity contribution >= 4 is 27.7 Å². The molecule has 2 rings (SSSR count). The summed E-state index contributed by atoms with van der Waals surface area (Å²) in [5.41, 5.74) is 0.521. The Morgan fingerprint density at radius 2 is 1.96 bits per heavy atom. The number of benzene rings is 1. The molecule has 0 saturated carbocycles. The highest BCUT2D eigenvalue weighted by Crippen LogP contribution is 2.34. The molecule has 128 valence electrons. The van der Waals surface area contributed by atoms with Gasteiger partial charge in [-0.05, 0) is 61.7 Å². The summed E-state index contributed by atoms with van der Waals surface area (Å²) in [5, 5.41) is 3.52. The molecule has 1 aromatic carbocycles. The summed E-state index contributed by atoms with van der Waals surface area (Å²) in [6.07, 6.45) is 1.54. The normalized spacial score (nSPS) is 16.1. The van der Waals surface area contributed by atoms with E-state index >= 15 is 0 Å². The molecule has 1 amide bonds. The molecular formula is C17H25BrN2O3. The molecule has 1 heterocycles. The zero-order valence-electron chi connectivity index (χ0n) is 14.2. The topological polar surface area (TPSA) is 50.8 Å². The summed E-state index contributed by atoms with van der Waals surface area (Å²) in [4.78, 5) is 13.9. The number of likely N-dealkylation sites (tertiary alicyclic amines) is 1. The predicted octanol–water partition coefficient (Wildman–Crippen LogP) is 4.27. The van der Waals surface area contributed by atoms with Gasteiger partial charge in [-0.2, -0.15) is 0 Å². The number of carbonyl (C=O) groups excluding carboxylic acids is 1. The van der Waals surface area contributed by atoms with Crippen LogP contribution in [-0.4, -0.2) is 42.8 Å². The molecule has 0 aromatic heterocycles. The molecule has 5 nitrogen and oxygen atoms in total. The first-order valence-electron chi connectivity index (χ1n) is 7.87. The smallest absolute Gasteiger partial charge is 0.410 e. The number of anilines is 1. The number of nitrogens with zero attached hydrogens (tertiary/aromatic N) is 1. The van der Waals surface area contributed by atoms with Gasteiger partial charge in [-0.25, -0.2) is 4.79 Å². The van der Waals surface area contributed by atoms with Gasteiger partial charge in [-0.15, -0.1) is 0 Å². The number of rotatable bonds is 3. The van der Waals surface area contributed by atoms with Gasteiger partial charge in [0.25, 0.3) is 0 Å². The Morgan fingerprint density at radius 1 is 1.30 bits per heavy atom. The van der Waals surface area contributed by atoms with Crippen molar-refractivity contribution < 1.29 is 14.3 Å². The molecule has 23 heavy (non-hydrogen) atoms. The fourth-order valence-corrected chi connectivity index (χ4v) is 3.11. The van der Waals surface area contributed by atoms with Crippen LogP contribution in [-0.2, 0) is 4.74 Å². The zero-order valence-corrected chi connectivity index (χ0v) is 15.8. The highest BCUT2D eigenvalue weighted by molar-refractivity contribution is 9.10. The third-order valence-corrected chi connectivity index (χ3v) is 4.30. The number of halogens is 1. The van der Waals surface area contributed by atoms with Crippen molar-refractivity contribution in [3.8, 4) is 5.75 Å². The standard InChI is InChI=1S/C17H25BrN2O3/c1-17(2,3)23-16(21)20-10-8-12(9-11-20)19-14-7-5-6-13(18)15(14)22-4/h5-7,12,19H,8-11H2,1-4H3. The molecule has 1 fully saturated rings. The van der Waals surface area contributed by atoms with Crippen LogP contribution in [0.3, 0.4) is 0 Å². The second-order valence-electron chi connectivity index (χ2n) is 6.71. The summed E-state index contributed by atoms with van der Waals surface area (Å²) in [5.74, 6) is 0.807. The Balaban J connectivity index is 1.90. The number of para-hydroxylation sites is 1. The fourth-order valence-electron chi connectivity index (χ4n) is 2.58. The number of carbonyl (C=O) groups is 1. The molecule has 1 N–H and O–H groups in total. The molecule has 0 unspecified atom stereocenters. The van der Waals surface area contributed by atoms with E-state index in [1.165, 1.54) is 0 Å². The number of methoxy groups -OCH3 is 1. The zero-order chi connectivity index (χ0) is 17.0. The van der Waals surface area contributed by atoms with Crippen LogP contribution < -0.4 is 10.1 Å². The number of hydrogen-bond acceptors (Lipinski definition) is 4. The van der Waals surface area contributed by atoms with E-state index < -0.39 is 5.60 Å². The molecule has 6 heteroatoms. The molecule has 0 spiro atoms. The first-order valence-corrected chi connectivity index (χ1v) is 8.66. The second-order valence-corrected chi connectivity index (χ2v) is 7.56. The molecule has 1 aromatic rings. The van der Waals surface area contributed by atoms with Crippen molar-refractivity contribution in [2.45, 2.75) is 45.3 Å². The summed E-state index contributed by atoms with van der Waals surface area (Å²) < 4.78 is 11.8. The first kappa shape index (κ1) is 17.9. The van der Waals surface area contributed by atoms with Gasteiger partial charge in [0.2, 0.25) is 0 Å². The Bertz CT molecular complexity index is 549. The van der Waals surface area contributed by atoms with Crippen molar-refractivity contribution in [1.82, 2.24) is 4.90 Å². The molecule has 0 radical (unpaired) electrons. The van der Waals surface area contributed by atoms with Crippen LogP contribution >= 0.6 is 15.9 Å². The minimum Gasteiger partial charge on any atom is -0.493 e. The van der Waals surface area contributed by atoms with Gasteiger partial charge in [-0.1, -0.05) is 6.07 Å². The van der Waals surface area contributed by atoms with E-state index in [0.717, 1.165) is 28.8 Å². The van der Waals surface area contributed by atoms with Crippen LogP contribution in [0.4, 0.5) is 10.5 Å². The van der Waals surface area contributed by atoms with Crippen LogP contribution in [0.5, 0.6) is 5.75 Å². The average Bonchev–Trinajstić information content (AvgIpc) is 2.46. The summed E-state index contributed by atoms with van der Waals surface area (Å²) in [7, 11) is 1.66. The molecule has 1 aliphatic rings. The third-order valence-electron chi connectivity index (χ3n) is 3.68. The van der Waals surface area contributed by atoms with E-state index in [1.807, 2.05) is 39.0 Å². The number of hydrogen-bond donors (Lipinski definition) is 1. The first-order chi connectivity index (χ1) is 10.8. The van der Waals surface area contributed by atoms with Crippen LogP contribution in [0.2, 0.25) is 0 Å². The van der Waals surface area contributed by atoms with Gasteiger partial charge in [-0.3, -0.25) is 0 Å². The van der Waals surface area contributed by atoms with Crippen molar-refractivity contribution in [3.05, 3.63) is 22.7 Å². The SMILES string of the molecule is COc1c(Br)cccc1NC1CCN(C(=O)OC(C)(C)C)CC1. The van der Waals surface area contributed by atoms with E-state index in [4.69, 9.17) is 9.47 Å². The Morgan fingerprint density at radius 3 is 2.52 bits per heavy atom. The van der Waals surface area contributed by atoms with Crippen molar-refractivity contribution in [2.24, 2.45) is 0 Å². The quantitative estimate of drug-likeness (QED) is 0.845. The van der Waals surface area contributed by atoms with Gasteiger partial charge in [0.1, 0.15) is 5.60 Å². The maximum absolute atomic E-state index is 12.1. The van der Waals surface area contributed by atoms with Crippen LogP contribution in [0.25, 0.3) is 0 Å². The van der Waals surface area contributed by atoms with Crippen LogP contribution in [0.15, 0.2) is 22.7 Å². The maximum atomic E-state index is 12.1. The van der Waals surface area contributed by atoms with E-state index in [1.54, 1.807) is 12.0 Å². The van der Waals surface area contributed by atoms with Gasteiger partial charge >= 0.3 is 6.09 Å². The van der Waals surface area contributed by atoms with E-state index in [-0.39, 0.29) is 6.09 Å². The van der Waals surface area contributed by atoms with Crippen LogP contribution in [0, 0.1) is 0 Å². The van der Waals surface area contributed by atoms with Crippen molar-refractivity contribution in [2.75, 3.05) is 25.5 Å². The van der Waals surface area contributed by atoms with Gasteiger partial charge in [0, 0.05) is 19.1 Å². The Labute approximate surface area is 146 Å². The van der Waals surface area contributed by atoms with E-state index in [9.17, 15) is 4.79 Å². The minimum atomic E-state index is -0.449. The fraction of sp³-hybridized carbons (Fsp3) is 0.588. The summed E-state index contributed by atoms with van der Waals surface area (Å²) in [6.45, 7) is 7.06. The lowest BCUT2D eigenvalue weighted by Crippen LogP contribution is -2.44. The second kappa shape index (κ2) is 7.43. The van der Waals surface area contributed by atoms with Gasteiger partial charge < -0.3 is 19.7 Å². The molecule has 0 atom stereocenters. The lowest BCUT2D eigenvalue weighted by atomic mass is 10.0. The number of ether oxygens (including phenoxy) is 2. The number of nitrogens with one attached hydrogen (secondary N) is 1. The van der Waals surface area contributed by atoms with Crippen molar-refractivity contribution in [1.29, 1.82) is 0 Å². The molecule has 1 aliphatic heterocycles. The summed E-state index contributed by atoms with van der Waals surface area (Å²) in [6, 6.07) is 6.25. The maximum Gasteiger partial charge on any atom is 0.410 e. The Kier molecular flexibility index (Phi) is 5.79. The Hall–Kier alpha value is -1.43. The predicted molar refractivity (Wildman–Crippen MR) is 95.1 cm³/mol. The highest BCUT2D eigenvalue weighted by Gasteiger charge is 2.27. The summed E-state index contributed by atoms with van der Waals surface area (Å²) >= 11 is 3.49. The number of piperidine rings is 1. The molecule has 0 bridgehead atoms. The lowest BCUT2D eigenvalue weighted by molar-refractivity contribution is 0.0210. The minimum absolute atomic E-state index is 0.226.